The summed E-state index contributed by atoms with van der Waals surface area (Å²) in [5, 5.41) is 0. The van der Waals surface area contributed by atoms with Gasteiger partial charge in [0.15, 0.2) is 0 Å². The molecule has 134 valence electrons. The average molecular weight is 342 g/mol. The first-order valence-electron chi connectivity index (χ1n) is 9.16. The lowest BCUT2D eigenvalue weighted by Gasteiger charge is -2.45. The lowest BCUT2D eigenvalue weighted by atomic mass is 9.78. The highest BCUT2D eigenvalue weighted by Gasteiger charge is 2.52. The number of carbonyl (C=O) groups excluding carboxylic acids is 1. The highest BCUT2D eigenvalue weighted by Crippen LogP contribution is 2.38. The van der Waals surface area contributed by atoms with Gasteiger partial charge < -0.3 is 19.1 Å². The van der Waals surface area contributed by atoms with Crippen LogP contribution in [-0.2, 0) is 14.1 Å². The Labute approximate surface area is 150 Å². The van der Waals surface area contributed by atoms with Gasteiger partial charge in [0, 0.05) is 38.2 Å². The number of rotatable bonds is 2. The third-order valence-corrected chi connectivity index (χ3v) is 6.41. The molecule has 4 rings (SSSR count). The summed E-state index contributed by atoms with van der Waals surface area (Å²) in [7, 11) is -0.334. The molecule has 3 heterocycles. The van der Waals surface area contributed by atoms with Crippen molar-refractivity contribution in [2.75, 3.05) is 24.5 Å². The second kappa shape index (κ2) is 5.48. The molecule has 0 aromatic heterocycles. The van der Waals surface area contributed by atoms with E-state index in [0.717, 1.165) is 25.1 Å². The molecule has 2 unspecified atom stereocenters. The van der Waals surface area contributed by atoms with Crippen molar-refractivity contribution < 1.29 is 14.1 Å². The molecule has 0 bridgehead atoms. The number of anilines is 1. The Kier molecular flexibility index (Phi) is 3.71. The Morgan fingerprint density at radius 2 is 1.80 bits per heavy atom. The van der Waals surface area contributed by atoms with Crippen molar-refractivity contribution in [3.05, 3.63) is 24.3 Å². The molecule has 0 aliphatic carbocycles. The Morgan fingerprint density at radius 1 is 1.12 bits per heavy atom. The van der Waals surface area contributed by atoms with Crippen molar-refractivity contribution in [3.63, 3.8) is 0 Å². The van der Waals surface area contributed by atoms with E-state index in [2.05, 4.69) is 56.9 Å². The Morgan fingerprint density at radius 3 is 2.44 bits per heavy atom. The van der Waals surface area contributed by atoms with E-state index in [9.17, 15) is 4.79 Å². The van der Waals surface area contributed by atoms with E-state index in [4.69, 9.17) is 9.31 Å². The monoisotopic (exact) mass is 342 g/mol. The summed E-state index contributed by atoms with van der Waals surface area (Å²) in [6, 6.07) is 8.90. The second-order valence-corrected chi connectivity index (χ2v) is 8.59. The number of carbonyl (C=O) groups is 1. The quantitative estimate of drug-likeness (QED) is 0.767. The highest BCUT2D eigenvalue weighted by molar-refractivity contribution is 6.62. The van der Waals surface area contributed by atoms with Gasteiger partial charge in [-0.25, -0.2) is 0 Å². The van der Waals surface area contributed by atoms with Crippen molar-refractivity contribution in [3.8, 4) is 0 Å². The molecule has 3 aliphatic heterocycles. The molecule has 5 nitrogen and oxygen atoms in total. The number of fused-ring (bicyclic) bond motifs is 1. The van der Waals surface area contributed by atoms with Crippen LogP contribution in [0.3, 0.4) is 0 Å². The van der Waals surface area contributed by atoms with Crippen LogP contribution in [0.1, 0.15) is 34.6 Å². The maximum Gasteiger partial charge on any atom is 0.494 e. The molecule has 1 aromatic carbocycles. The van der Waals surface area contributed by atoms with Crippen molar-refractivity contribution in [2.24, 2.45) is 5.92 Å². The molecular weight excluding hydrogens is 315 g/mol. The van der Waals surface area contributed by atoms with Crippen molar-refractivity contribution in [1.82, 2.24) is 4.90 Å². The van der Waals surface area contributed by atoms with Gasteiger partial charge in [-0.3, -0.25) is 4.79 Å². The Bertz CT molecular complexity index is 690. The van der Waals surface area contributed by atoms with Gasteiger partial charge in [-0.15, -0.1) is 0 Å². The summed E-state index contributed by atoms with van der Waals surface area (Å²) in [5.41, 5.74) is 1.59. The fourth-order valence-corrected chi connectivity index (χ4v) is 4.02. The van der Waals surface area contributed by atoms with E-state index in [1.807, 2.05) is 4.90 Å². The van der Waals surface area contributed by atoms with Crippen LogP contribution in [0.5, 0.6) is 0 Å². The normalized spacial score (nSPS) is 29.6. The van der Waals surface area contributed by atoms with Crippen LogP contribution in [-0.4, -0.2) is 54.8 Å². The number of likely N-dealkylation sites (tertiary alicyclic amines) is 1. The molecule has 3 saturated heterocycles. The zero-order valence-corrected chi connectivity index (χ0v) is 15.8. The van der Waals surface area contributed by atoms with Crippen molar-refractivity contribution in [1.29, 1.82) is 0 Å². The average Bonchev–Trinajstić information content (AvgIpc) is 2.94. The van der Waals surface area contributed by atoms with Crippen molar-refractivity contribution in [2.45, 2.75) is 51.9 Å². The Hall–Kier alpha value is -1.53. The molecule has 3 fully saturated rings. The van der Waals surface area contributed by atoms with Gasteiger partial charge in [0.25, 0.3) is 0 Å². The lowest BCUT2D eigenvalue weighted by Crippen LogP contribution is -2.56. The maximum absolute atomic E-state index is 11.6. The smallest absolute Gasteiger partial charge is 0.399 e. The summed E-state index contributed by atoms with van der Waals surface area (Å²) in [5.74, 6) is 0.782. The summed E-state index contributed by atoms with van der Waals surface area (Å²) in [6.07, 6.45) is 0. The zero-order valence-electron chi connectivity index (χ0n) is 15.8. The van der Waals surface area contributed by atoms with Crippen LogP contribution in [0.2, 0.25) is 0 Å². The third-order valence-electron chi connectivity index (χ3n) is 6.41. The van der Waals surface area contributed by atoms with Gasteiger partial charge in [-0.05, 0) is 45.3 Å². The predicted octanol–water partition coefficient (Wildman–Crippen LogP) is 1.65. The fourth-order valence-electron chi connectivity index (χ4n) is 4.02. The minimum atomic E-state index is -0.334. The van der Waals surface area contributed by atoms with Crippen LogP contribution >= 0.6 is 0 Å². The molecular formula is C19H27BN2O3. The molecule has 0 N–H and O–H groups in total. The van der Waals surface area contributed by atoms with Gasteiger partial charge in [0.1, 0.15) is 0 Å². The minimum absolute atomic E-state index is 0.181. The van der Waals surface area contributed by atoms with Crippen LogP contribution in [0.15, 0.2) is 24.3 Å². The van der Waals surface area contributed by atoms with Gasteiger partial charge in [-0.2, -0.15) is 0 Å². The van der Waals surface area contributed by atoms with E-state index in [0.29, 0.717) is 12.0 Å². The van der Waals surface area contributed by atoms with Crippen LogP contribution in [0.4, 0.5) is 5.69 Å². The largest absolute Gasteiger partial charge is 0.494 e. The highest BCUT2D eigenvalue weighted by atomic mass is 16.7. The number of hydrogen-bond donors (Lipinski definition) is 0. The topological polar surface area (TPSA) is 42.0 Å². The number of hydrogen-bond acceptors (Lipinski definition) is 4. The molecule has 25 heavy (non-hydrogen) atoms. The van der Waals surface area contributed by atoms with Gasteiger partial charge in [0.05, 0.1) is 17.2 Å². The number of amides is 1. The molecule has 1 aromatic rings. The standard InChI is InChI=1S/C19H27BN2O3/c1-13(23)21-10-14-11-22(17(14)12-21)16-8-6-7-15(9-16)20-24-18(2,3)19(4,5)25-20/h6-9,14,17H,10-12H2,1-5H3. The fraction of sp³-hybridized carbons (Fsp3) is 0.632. The molecule has 0 saturated carbocycles. The van der Waals surface area contributed by atoms with Crippen LogP contribution in [0.25, 0.3) is 0 Å². The van der Waals surface area contributed by atoms with E-state index < -0.39 is 0 Å². The first-order chi connectivity index (χ1) is 11.7. The predicted molar refractivity (Wildman–Crippen MR) is 99.0 cm³/mol. The third kappa shape index (κ3) is 2.66. The summed E-state index contributed by atoms with van der Waals surface area (Å²) >= 11 is 0. The van der Waals surface area contributed by atoms with Crippen molar-refractivity contribution >= 4 is 24.2 Å². The maximum atomic E-state index is 11.6. The molecule has 0 radical (unpaired) electrons. The molecule has 3 aliphatic rings. The van der Waals surface area contributed by atoms with Crippen LogP contribution in [0, 0.1) is 5.92 Å². The van der Waals surface area contributed by atoms with Gasteiger partial charge >= 0.3 is 7.12 Å². The number of nitrogens with zero attached hydrogens (tertiary/aromatic N) is 2. The minimum Gasteiger partial charge on any atom is -0.399 e. The molecule has 6 heteroatoms. The first kappa shape index (κ1) is 16.9. The molecule has 0 spiro atoms. The van der Waals surface area contributed by atoms with Gasteiger partial charge in [0.2, 0.25) is 5.91 Å². The van der Waals surface area contributed by atoms with E-state index in [-0.39, 0.29) is 24.2 Å². The van der Waals surface area contributed by atoms with E-state index in [1.54, 1.807) is 6.92 Å². The summed E-state index contributed by atoms with van der Waals surface area (Å²) in [6.45, 7) is 12.7. The summed E-state index contributed by atoms with van der Waals surface area (Å²) in [4.78, 5) is 16.0. The summed E-state index contributed by atoms with van der Waals surface area (Å²) < 4.78 is 12.4. The molecule has 1 amide bonds. The SMILES string of the molecule is CC(=O)N1CC2CN(c3cccc(B4OC(C)(C)C(C)(C)O4)c3)C2C1. The first-order valence-corrected chi connectivity index (χ1v) is 9.16. The zero-order chi connectivity index (χ0) is 18.0. The molecule has 2 atom stereocenters. The Balaban J connectivity index is 1.51. The second-order valence-electron chi connectivity index (χ2n) is 8.59. The van der Waals surface area contributed by atoms with E-state index in [1.165, 1.54) is 5.69 Å². The number of benzene rings is 1. The lowest BCUT2D eigenvalue weighted by molar-refractivity contribution is -0.127. The van der Waals surface area contributed by atoms with E-state index >= 15 is 0 Å². The van der Waals surface area contributed by atoms with Crippen LogP contribution < -0.4 is 10.4 Å². The van der Waals surface area contributed by atoms with Gasteiger partial charge in [-0.1, -0.05) is 12.1 Å².